The zero-order valence-electron chi connectivity index (χ0n) is 9.08. The molecule has 2 N–H and O–H groups in total. The van der Waals surface area contributed by atoms with Gasteiger partial charge in [0.25, 0.3) is 0 Å². The Bertz CT molecular complexity index is 423. The fourth-order valence-electron chi connectivity index (χ4n) is 1.44. The van der Waals surface area contributed by atoms with Crippen LogP contribution in [0.4, 0.5) is 0 Å². The Balaban J connectivity index is 2.02. The second-order valence-corrected chi connectivity index (χ2v) is 3.57. The summed E-state index contributed by atoms with van der Waals surface area (Å²) in [6.07, 6.45) is 1.98. The lowest BCUT2D eigenvalue weighted by molar-refractivity contribution is 0.491. The van der Waals surface area contributed by atoms with E-state index in [1.807, 2.05) is 30.3 Å². The number of benzene rings is 1. The average Bonchev–Trinajstić information content (AvgIpc) is 2.79. The number of hydrogen-bond donors (Lipinski definition) is 1. The van der Waals surface area contributed by atoms with Crippen molar-refractivity contribution >= 4 is 0 Å². The maximum atomic E-state index is 5.42. The minimum Gasteiger partial charge on any atom is -0.330 e. The average molecular weight is 217 g/mol. The van der Waals surface area contributed by atoms with E-state index in [1.54, 1.807) is 4.80 Å². The Morgan fingerprint density at radius 2 is 1.94 bits per heavy atom. The molecule has 0 bridgehead atoms. The molecular weight excluding hydrogens is 202 g/mol. The molecule has 16 heavy (non-hydrogen) atoms. The molecule has 1 aromatic carbocycles. The van der Waals surface area contributed by atoms with Gasteiger partial charge in [0.2, 0.25) is 5.82 Å². The second-order valence-electron chi connectivity index (χ2n) is 3.57. The van der Waals surface area contributed by atoms with Gasteiger partial charge in [0.05, 0.1) is 6.54 Å². The van der Waals surface area contributed by atoms with Crippen LogP contribution in [0.2, 0.25) is 0 Å². The van der Waals surface area contributed by atoms with E-state index in [4.69, 9.17) is 5.73 Å². The summed E-state index contributed by atoms with van der Waals surface area (Å²) in [5.41, 5.74) is 6.42. The van der Waals surface area contributed by atoms with E-state index < -0.39 is 0 Å². The van der Waals surface area contributed by atoms with E-state index in [9.17, 15) is 0 Å². The molecular formula is C11H15N5. The Hall–Kier alpha value is -1.75. The lowest BCUT2D eigenvalue weighted by atomic mass is 10.2. The van der Waals surface area contributed by atoms with Crippen LogP contribution in [0.25, 0.3) is 11.4 Å². The number of rotatable bonds is 5. The van der Waals surface area contributed by atoms with Crippen molar-refractivity contribution in [3.63, 3.8) is 0 Å². The van der Waals surface area contributed by atoms with Gasteiger partial charge in [0, 0.05) is 5.56 Å². The van der Waals surface area contributed by atoms with Crippen molar-refractivity contribution in [1.29, 1.82) is 0 Å². The highest BCUT2D eigenvalue weighted by atomic mass is 15.6. The molecule has 0 atom stereocenters. The number of aryl methyl sites for hydroxylation is 1. The van der Waals surface area contributed by atoms with Crippen LogP contribution in [0, 0.1) is 0 Å². The van der Waals surface area contributed by atoms with Crippen LogP contribution in [-0.4, -0.2) is 26.8 Å². The highest BCUT2D eigenvalue weighted by molar-refractivity contribution is 5.52. The van der Waals surface area contributed by atoms with E-state index >= 15 is 0 Å². The molecule has 0 aliphatic heterocycles. The first-order chi connectivity index (χ1) is 7.90. The topological polar surface area (TPSA) is 69.6 Å². The van der Waals surface area contributed by atoms with Gasteiger partial charge in [0.1, 0.15) is 0 Å². The van der Waals surface area contributed by atoms with Gasteiger partial charge in [-0.15, -0.1) is 10.2 Å². The van der Waals surface area contributed by atoms with Gasteiger partial charge in [-0.05, 0) is 24.6 Å². The summed E-state index contributed by atoms with van der Waals surface area (Å²) < 4.78 is 0. The van der Waals surface area contributed by atoms with Crippen LogP contribution in [0.3, 0.4) is 0 Å². The largest absolute Gasteiger partial charge is 0.330 e. The lowest BCUT2D eigenvalue weighted by Gasteiger charge is -1.96. The highest BCUT2D eigenvalue weighted by Gasteiger charge is 2.04. The molecule has 0 fully saturated rings. The molecule has 2 aromatic rings. The number of nitrogens with zero attached hydrogens (tertiary/aromatic N) is 4. The molecule has 0 saturated heterocycles. The van der Waals surface area contributed by atoms with Crippen molar-refractivity contribution in [3.8, 4) is 11.4 Å². The molecule has 0 aliphatic rings. The van der Waals surface area contributed by atoms with Crippen molar-refractivity contribution in [2.75, 3.05) is 6.54 Å². The molecule has 0 unspecified atom stereocenters. The van der Waals surface area contributed by atoms with Crippen LogP contribution in [0.5, 0.6) is 0 Å². The predicted molar refractivity (Wildman–Crippen MR) is 61.5 cm³/mol. The summed E-state index contributed by atoms with van der Waals surface area (Å²) in [4.78, 5) is 1.62. The van der Waals surface area contributed by atoms with Crippen molar-refractivity contribution < 1.29 is 0 Å². The van der Waals surface area contributed by atoms with Gasteiger partial charge in [0.15, 0.2) is 0 Å². The fraction of sp³-hybridized carbons (Fsp3) is 0.364. The molecule has 0 spiro atoms. The number of hydrogen-bond acceptors (Lipinski definition) is 4. The lowest BCUT2D eigenvalue weighted by Crippen LogP contribution is -2.05. The number of nitrogens with two attached hydrogens (primary N) is 1. The summed E-state index contributed by atoms with van der Waals surface area (Å²) in [5, 5.41) is 12.3. The monoisotopic (exact) mass is 217 g/mol. The predicted octanol–water partition coefficient (Wildman–Crippen LogP) is 1.08. The van der Waals surface area contributed by atoms with Gasteiger partial charge in [-0.1, -0.05) is 30.3 Å². The summed E-state index contributed by atoms with van der Waals surface area (Å²) in [6.45, 7) is 1.48. The molecule has 0 amide bonds. The Morgan fingerprint density at radius 3 is 2.69 bits per heavy atom. The third-order valence-electron chi connectivity index (χ3n) is 2.30. The molecule has 0 radical (unpaired) electrons. The van der Waals surface area contributed by atoms with Crippen LogP contribution >= 0.6 is 0 Å². The van der Waals surface area contributed by atoms with E-state index in [1.165, 1.54) is 0 Å². The van der Waals surface area contributed by atoms with E-state index in [0.717, 1.165) is 24.9 Å². The molecule has 1 heterocycles. The third-order valence-corrected chi connectivity index (χ3v) is 2.30. The zero-order valence-corrected chi connectivity index (χ0v) is 9.08. The molecule has 0 aliphatic carbocycles. The SMILES string of the molecule is NCCCCn1nnc(-c2ccccc2)n1. The van der Waals surface area contributed by atoms with Crippen LogP contribution < -0.4 is 5.73 Å². The van der Waals surface area contributed by atoms with E-state index in [-0.39, 0.29) is 0 Å². The van der Waals surface area contributed by atoms with Crippen LogP contribution in [0.1, 0.15) is 12.8 Å². The third kappa shape index (κ3) is 2.64. The van der Waals surface area contributed by atoms with Gasteiger partial charge in [-0.3, -0.25) is 0 Å². The Labute approximate surface area is 94.3 Å². The van der Waals surface area contributed by atoms with Crippen molar-refractivity contribution in [3.05, 3.63) is 30.3 Å². The number of unbranched alkanes of at least 4 members (excludes halogenated alkanes) is 1. The van der Waals surface area contributed by atoms with Gasteiger partial charge >= 0.3 is 0 Å². The molecule has 5 nitrogen and oxygen atoms in total. The fourth-order valence-corrected chi connectivity index (χ4v) is 1.44. The zero-order chi connectivity index (χ0) is 11.2. The summed E-state index contributed by atoms with van der Waals surface area (Å²) >= 11 is 0. The molecule has 2 rings (SSSR count). The van der Waals surface area contributed by atoms with E-state index in [2.05, 4.69) is 15.4 Å². The van der Waals surface area contributed by atoms with Crippen molar-refractivity contribution in [1.82, 2.24) is 20.2 Å². The second kappa shape index (κ2) is 5.37. The van der Waals surface area contributed by atoms with Crippen molar-refractivity contribution in [2.24, 2.45) is 5.73 Å². The first-order valence-corrected chi connectivity index (χ1v) is 5.43. The van der Waals surface area contributed by atoms with Crippen LogP contribution in [0.15, 0.2) is 30.3 Å². The normalized spacial score (nSPS) is 10.6. The first-order valence-electron chi connectivity index (χ1n) is 5.43. The Kier molecular flexibility index (Phi) is 3.61. The van der Waals surface area contributed by atoms with E-state index in [0.29, 0.717) is 12.4 Å². The van der Waals surface area contributed by atoms with Crippen molar-refractivity contribution in [2.45, 2.75) is 19.4 Å². The standard InChI is InChI=1S/C11H15N5/c12-8-4-5-9-16-14-11(13-15-16)10-6-2-1-3-7-10/h1-3,6-7H,4-5,8-9,12H2. The number of aromatic nitrogens is 4. The maximum Gasteiger partial charge on any atom is 0.204 e. The summed E-state index contributed by atoms with van der Waals surface area (Å²) in [6, 6.07) is 9.84. The summed E-state index contributed by atoms with van der Waals surface area (Å²) in [5.74, 6) is 0.674. The maximum absolute atomic E-state index is 5.42. The molecule has 84 valence electrons. The van der Waals surface area contributed by atoms with Gasteiger partial charge < -0.3 is 5.73 Å². The highest BCUT2D eigenvalue weighted by Crippen LogP contribution is 2.11. The molecule has 0 saturated carbocycles. The number of tetrazole rings is 1. The van der Waals surface area contributed by atoms with Gasteiger partial charge in [-0.25, -0.2) is 0 Å². The van der Waals surface area contributed by atoms with Crippen LogP contribution in [-0.2, 0) is 6.54 Å². The smallest absolute Gasteiger partial charge is 0.204 e. The quantitative estimate of drug-likeness (QED) is 0.761. The minimum atomic E-state index is 0.674. The van der Waals surface area contributed by atoms with Gasteiger partial charge in [-0.2, -0.15) is 4.80 Å². The molecule has 5 heteroatoms. The Morgan fingerprint density at radius 1 is 1.12 bits per heavy atom. The first kappa shape index (κ1) is 10.8. The minimum absolute atomic E-state index is 0.674. The summed E-state index contributed by atoms with van der Waals surface area (Å²) in [7, 11) is 0. The molecule has 1 aromatic heterocycles.